The lowest BCUT2D eigenvalue weighted by molar-refractivity contribution is -0.667. The number of thioether (sulfide) groups is 1. The summed E-state index contributed by atoms with van der Waals surface area (Å²) in [5, 5.41) is 8.07. The van der Waals surface area contributed by atoms with Crippen molar-refractivity contribution in [1.29, 1.82) is 0 Å². The number of rotatable bonds is 8. The Kier molecular flexibility index (Phi) is 7.28. The van der Waals surface area contributed by atoms with Crippen LogP contribution in [-0.2, 0) is 16.7 Å². The molecule has 1 aliphatic rings. The second-order valence-corrected chi connectivity index (χ2v) is 14.2. The van der Waals surface area contributed by atoms with E-state index >= 15 is 0 Å². The van der Waals surface area contributed by atoms with Crippen LogP contribution < -0.4 is 9.47 Å². The number of thiazole rings is 1. The van der Waals surface area contributed by atoms with Gasteiger partial charge in [-0.3, -0.25) is 4.55 Å². The molecule has 5 aromatic rings. The Morgan fingerprint density at radius 3 is 2.64 bits per heavy atom. The molecule has 0 amide bonds. The molecule has 5 nitrogen and oxygen atoms in total. The van der Waals surface area contributed by atoms with Crippen LogP contribution >= 0.6 is 34.4 Å². The van der Waals surface area contributed by atoms with Crippen LogP contribution in [0.1, 0.15) is 31.7 Å². The van der Waals surface area contributed by atoms with Crippen molar-refractivity contribution in [2.45, 2.75) is 38.1 Å². The van der Waals surface area contributed by atoms with E-state index in [9.17, 15) is 13.0 Å². The first kappa shape index (κ1) is 26.5. The van der Waals surface area contributed by atoms with Gasteiger partial charge in [0.1, 0.15) is 4.70 Å². The molecule has 0 saturated heterocycles. The summed E-state index contributed by atoms with van der Waals surface area (Å²) in [5.74, 6) is -0.257. The molecule has 200 valence electrons. The zero-order valence-electron chi connectivity index (χ0n) is 21.8. The van der Waals surface area contributed by atoms with Crippen LogP contribution in [-0.4, -0.2) is 25.3 Å². The van der Waals surface area contributed by atoms with Gasteiger partial charge in [-0.1, -0.05) is 54.3 Å². The molecular formula is C30H29N2O3S4+. The zero-order valence-corrected chi connectivity index (χ0v) is 25.0. The number of aromatic nitrogens is 1. The molecule has 0 unspecified atom stereocenters. The van der Waals surface area contributed by atoms with Crippen molar-refractivity contribution in [1.82, 2.24) is 0 Å². The second-order valence-electron chi connectivity index (χ2n) is 9.51. The molecule has 0 spiro atoms. The number of fused-ring (bicyclic) bond motifs is 6. The molecule has 9 heteroatoms. The lowest BCUT2D eigenvalue weighted by Crippen LogP contribution is -2.36. The Morgan fingerprint density at radius 1 is 1.03 bits per heavy atom. The molecule has 0 fully saturated rings. The quantitative estimate of drug-likeness (QED) is 0.146. The molecule has 3 aromatic carbocycles. The summed E-state index contributed by atoms with van der Waals surface area (Å²) in [6, 6.07) is 19.3. The summed E-state index contributed by atoms with van der Waals surface area (Å²) in [5.41, 5.74) is 3.63. The SMILES string of the molecule is CCC(/C=C1\Sc2ccc3sccc3c2N1CC)=C\c1sc2ccc3ccccc3c2[n+]1CCCS(=O)(=O)O. The first-order chi connectivity index (χ1) is 18.9. The van der Waals surface area contributed by atoms with Gasteiger partial charge in [0.25, 0.3) is 15.1 Å². The highest BCUT2D eigenvalue weighted by Gasteiger charge is 2.27. The van der Waals surface area contributed by atoms with E-state index < -0.39 is 10.1 Å². The second kappa shape index (κ2) is 10.7. The molecule has 0 radical (unpaired) electrons. The number of nitrogens with zero attached hydrogens (tertiary/aromatic N) is 2. The standard InChI is InChI=1S/C30H28N2O3S4/c1-3-20(18-27-31(4-2)30-23-14-16-36-24(23)12-13-26(30)37-27)19-28-32(15-7-17-39(33,34)35)29-22-9-6-5-8-21(22)10-11-25(29)38-28/h5-6,8-14,16,18-19H,3-4,7,15,17H2,1-2H3/p+1. The number of allylic oxidation sites excluding steroid dienone is 2. The third-order valence-corrected chi connectivity index (χ3v) is 10.9. The maximum atomic E-state index is 11.5. The lowest BCUT2D eigenvalue weighted by atomic mass is 10.1. The summed E-state index contributed by atoms with van der Waals surface area (Å²) < 4.78 is 37.0. The fraction of sp³-hybridized carbons (Fsp3) is 0.233. The van der Waals surface area contributed by atoms with Crippen LogP contribution in [0.25, 0.3) is 37.2 Å². The lowest BCUT2D eigenvalue weighted by Gasteiger charge is -2.19. The molecule has 0 atom stereocenters. The number of benzene rings is 3. The fourth-order valence-corrected chi connectivity index (χ4v) is 8.92. The highest BCUT2D eigenvalue weighted by atomic mass is 32.2. The topological polar surface area (TPSA) is 61.5 Å². The van der Waals surface area contributed by atoms with Gasteiger partial charge >= 0.3 is 0 Å². The summed E-state index contributed by atoms with van der Waals surface area (Å²) in [7, 11) is -4.02. The third-order valence-electron chi connectivity index (χ3n) is 7.06. The Labute approximate surface area is 240 Å². The van der Waals surface area contributed by atoms with Gasteiger partial charge in [-0.25, -0.2) is 0 Å². The molecule has 3 heterocycles. The molecular weight excluding hydrogens is 565 g/mol. The normalized spacial score (nSPS) is 15.3. The zero-order chi connectivity index (χ0) is 27.1. The largest absolute Gasteiger partial charge is 0.335 e. The Bertz CT molecular complexity index is 1880. The van der Waals surface area contributed by atoms with Gasteiger partial charge < -0.3 is 4.90 Å². The van der Waals surface area contributed by atoms with E-state index in [1.54, 1.807) is 22.7 Å². The van der Waals surface area contributed by atoms with Crippen LogP contribution in [0.4, 0.5) is 5.69 Å². The average molecular weight is 594 g/mol. The van der Waals surface area contributed by atoms with E-state index in [2.05, 4.69) is 83.3 Å². The van der Waals surface area contributed by atoms with Gasteiger partial charge in [-0.15, -0.1) is 11.3 Å². The number of hydrogen-bond donors (Lipinski definition) is 1. The van der Waals surface area contributed by atoms with Crippen LogP contribution in [0.15, 0.2) is 81.6 Å². The fourth-order valence-electron chi connectivity index (χ4n) is 5.24. The van der Waals surface area contributed by atoms with Crippen molar-refractivity contribution in [3.63, 3.8) is 0 Å². The van der Waals surface area contributed by atoms with Crippen LogP contribution in [0.5, 0.6) is 0 Å². The van der Waals surface area contributed by atoms with E-state index in [1.807, 2.05) is 23.9 Å². The predicted molar refractivity (Wildman–Crippen MR) is 168 cm³/mol. The average Bonchev–Trinajstić information content (AvgIpc) is 3.62. The summed E-state index contributed by atoms with van der Waals surface area (Å²) in [6.45, 7) is 5.77. The van der Waals surface area contributed by atoms with Gasteiger partial charge in [0.15, 0.2) is 6.54 Å². The third kappa shape index (κ3) is 5.14. The van der Waals surface area contributed by atoms with Gasteiger partial charge in [-0.2, -0.15) is 13.0 Å². The van der Waals surface area contributed by atoms with Crippen LogP contribution in [0.3, 0.4) is 0 Å². The van der Waals surface area contributed by atoms with Crippen LogP contribution in [0.2, 0.25) is 0 Å². The number of anilines is 1. The van der Waals surface area contributed by atoms with E-state index in [4.69, 9.17) is 0 Å². The smallest absolute Gasteiger partial charge is 0.265 e. The maximum absolute atomic E-state index is 11.5. The first-order valence-electron chi connectivity index (χ1n) is 13.0. The maximum Gasteiger partial charge on any atom is 0.265 e. The molecule has 1 N–H and O–H groups in total. The summed E-state index contributed by atoms with van der Waals surface area (Å²) >= 11 is 5.32. The van der Waals surface area contributed by atoms with Crippen molar-refractivity contribution in [3.8, 4) is 0 Å². The summed E-state index contributed by atoms with van der Waals surface area (Å²) in [6.07, 6.45) is 5.76. The van der Waals surface area contributed by atoms with E-state index in [1.165, 1.54) is 31.3 Å². The van der Waals surface area contributed by atoms with E-state index in [-0.39, 0.29) is 5.75 Å². The van der Waals surface area contributed by atoms with Gasteiger partial charge in [0.05, 0.1) is 21.9 Å². The predicted octanol–water partition coefficient (Wildman–Crippen LogP) is 8.10. The first-order valence-corrected chi connectivity index (χ1v) is 17.2. The Balaban J connectivity index is 1.44. The molecule has 2 aromatic heterocycles. The number of hydrogen-bond acceptors (Lipinski definition) is 6. The Hall–Kier alpha value is -2.69. The highest BCUT2D eigenvalue weighted by molar-refractivity contribution is 8.03. The molecule has 1 aliphatic heterocycles. The van der Waals surface area contributed by atoms with E-state index in [0.717, 1.165) is 39.0 Å². The van der Waals surface area contributed by atoms with Crippen molar-refractivity contribution in [2.75, 3.05) is 17.2 Å². The molecule has 0 aliphatic carbocycles. The van der Waals surface area contributed by atoms with Crippen molar-refractivity contribution in [2.24, 2.45) is 0 Å². The highest BCUT2D eigenvalue weighted by Crippen LogP contribution is 2.50. The van der Waals surface area contributed by atoms with Gasteiger partial charge in [0, 0.05) is 34.0 Å². The minimum atomic E-state index is -4.02. The Morgan fingerprint density at radius 2 is 1.85 bits per heavy atom. The van der Waals surface area contributed by atoms with Crippen molar-refractivity contribution in [3.05, 3.63) is 81.7 Å². The monoisotopic (exact) mass is 593 g/mol. The van der Waals surface area contributed by atoms with Crippen molar-refractivity contribution >= 4 is 87.4 Å². The molecule has 39 heavy (non-hydrogen) atoms. The van der Waals surface area contributed by atoms with Crippen LogP contribution in [0, 0.1) is 0 Å². The van der Waals surface area contributed by atoms with Crippen molar-refractivity contribution < 1.29 is 17.5 Å². The van der Waals surface area contributed by atoms with Gasteiger partial charge in [-0.05, 0) is 66.1 Å². The van der Waals surface area contributed by atoms with E-state index in [0.29, 0.717) is 13.0 Å². The number of thiophene rings is 1. The summed E-state index contributed by atoms with van der Waals surface area (Å²) in [4.78, 5) is 3.70. The minimum absolute atomic E-state index is 0.257. The molecule has 0 bridgehead atoms. The minimum Gasteiger partial charge on any atom is -0.335 e. The molecule has 6 rings (SSSR count). The van der Waals surface area contributed by atoms with Gasteiger partial charge in [0.2, 0.25) is 5.52 Å². The number of aryl methyl sites for hydroxylation is 1. The molecule has 0 saturated carbocycles.